The molecule has 0 saturated carbocycles. The van der Waals surface area contributed by atoms with Crippen LogP contribution in [0.3, 0.4) is 0 Å². The molecule has 6 heteroatoms. The maximum Gasteiger partial charge on any atom is 0.325 e. The fourth-order valence-electron chi connectivity index (χ4n) is 2.03. The number of amides is 1. The summed E-state index contributed by atoms with van der Waals surface area (Å²) in [6.45, 7) is 4.07. The van der Waals surface area contributed by atoms with E-state index in [9.17, 15) is 9.59 Å². The predicted octanol–water partition coefficient (Wildman–Crippen LogP) is 4.02. The highest BCUT2D eigenvalue weighted by molar-refractivity contribution is 7.99. The molecule has 0 radical (unpaired) electrons. The number of ether oxygens (including phenoxy) is 1. The summed E-state index contributed by atoms with van der Waals surface area (Å²) in [6, 6.07) is 12.9. The van der Waals surface area contributed by atoms with Crippen molar-refractivity contribution in [1.29, 1.82) is 0 Å². The van der Waals surface area contributed by atoms with Crippen molar-refractivity contribution >= 4 is 35.2 Å². The fraction of sp³-hybridized carbons (Fsp3) is 0.263. The third-order valence-corrected chi connectivity index (χ3v) is 4.82. The zero-order valence-corrected chi connectivity index (χ0v) is 15.7. The average molecular weight is 378 g/mol. The summed E-state index contributed by atoms with van der Waals surface area (Å²) in [5.41, 5.74) is 2.69. The van der Waals surface area contributed by atoms with Gasteiger partial charge in [-0.05, 0) is 61.4 Å². The van der Waals surface area contributed by atoms with E-state index < -0.39 is 5.97 Å². The largest absolute Gasteiger partial charge is 0.463 e. The van der Waals surface area contributed by atoms with Crippen LogP contribution in [0, 0.1) is 13.8 Å². The third kappa shape index (κ3) is 6.44. The number of esters is 1. The predicted molar refractivity (Wildman–Crippen MR) is 101 cm³/mol. The Bertz CT molecular complexity index is 747. The van der Waals surface area contributed by atoms with Crippen LogP contribution in [0.2, 0.25) is 5.02 Å². The lowest BCUT2D eigenvalue weighted by molar-refractivity contribution is -0.141. The summed E-state index contributed by atoms with van der Waals surface area (Å²) in [6.07, 6.45) is 0. The number of hydrogen-bond acceptors (Lipinski definition) is 4. The van der Waals surface area contributed by atoms with Crippen molar-refractivity contribution in [3.05, 3.63) is 64.2 Å². The number of hydrogen-bond donors (Lipinski definition) is 1. The van der Waals surface area contributed by atoms with Crippen molar-refractivity contribution in [3.8, 4) is 0 Å². The van der Waals surface area contributed by atoms with Crippen LogP contribution in [-0.4, -0.2) is 30.8 Å². The first-order chi connectivity index (χ1) is 12.0. The number of carbonyl (C=O) groups excluding carboxylic acids is 2. The van der Waals surface area contributed by atoms with Gasteiger partial charge in [0.15, 0.2) is 0 Å². The molecule has 0 fully saturated rings. The van der Waals surface area contributed by atoms with Crippen LogP contribution >= 0.6 is 23.4 Å². The van der Waals surface area contributed by atoms with Gasteiger partial charge in [-0.2, -0.15) is 0 Å². The maximum atomic E-state index is 12.0. The number of thioether (sulfide) groups is 1. The molecule has 0 heterocycles. The normalized spacial score (nSPS) is 10.4. The van der Waals surface area contributed by atoms with E-state index in [2.05, 4.69) is 5.32 Å². The summed E-state index contributed by atoms with van der Waals surface area (Å²) in [4.78, 5) is 24.8. The Morgan fingerprint density at radius 3 is 2.48 bits per heavy atom. The lowest BCUT2D eigenvalue weighted by Gasteiger charge is -2.08. The molecular formula is C19H20ClNO3S. The van der Waals surface area contributed by atoms with E-state index in [0.717, 1.165) is 16.0 Å². The minimum absolute atomic E-state index is 0.141. The molecular weight excluding hydrogens is 358 g/mol. The van der Waals surface area contributed by atoms with Crippen LogP contribution in [0.1, 0.15) is 21.5 Å². The highest BCUT2D eigenvalue weighted by Crippen LogP contribution is 2.19. The van der Waals surface area contributed by atoms with Crippen molar-refractivity contribution in [3.63, 3.8) is 0 Å². The van der Waals surface area contributed by atoms with E-state index in [4.69, 9.17) is 16.3 Å². The minimum atomic E-state index is -0.450. The molecule has 0 aromatic heterocycles. The molecule has 0 aliphatic rings. The van der Waals surface area contributed by atoms with Crippen molar-refractivity contribution < 1.29 is 14.3 Å². The van der Waals surface area contributed by atoms with Crippen LogP contribution in [0.4, 0.5) is 0 Å². The smallest absolute Gasteiger partial charge is 0.325 e. The van der Waals surface area contributed by atoms with Crippen molar-refractivity contribution in [2.75, 3.05) is 18.9 Å². The monoisotopic (exact) mass is 377 g/mol. The molecule has 0 unspecified atom stereocenters. The molecule has 4 nitrogen and oxygen atoms in total. The lowest BCUT2D eigenvalue weighted by atomic mass is 10.1. The van der Waals surface area contributed by atoms with E-state index in [1.807, 2.05) is 44.2 Å². The molecule has 2 rings (SSSR count). The number of aryl methyl sites for hydroxylation is 2. The van der Waals surface area contributed by atoms with Gasteiger partial charge >= 0.3 is 5.97 Å². The van der Waals surface area contributed by atoms with Gasteiger partial charge in [0.25, 0.3) is 5.91 Å². The van der Waals surface area contributed by atoms with Crippen molar-refractivity contribution in [2.45, 2.75) is 18.7 Å². The third-order valence-electron chi connectivity index (χ3n) is 3.59. The Balaban J connectivity index is 1.67. The number of halogens is 1. The fourth-order valence-corrected chi connectivity index (χ4v) is 2.89. The first-order valence-corrected chi connectivity index (χ1v) is 9.21. The summed E-state index contributed by atoms with van der Waals surface area (Å²) < 4.78 is 5.12. The van der Waals surface area contributed by atoms with E-state index in [1.54, 1.807) is 23.9 Å². The molecule has 25 heavy (non-hydrogen) atoms. The van der Waals surface area contributed by atoms with Gasteiger partial charge in [-0.1, -0.05) is 17.7 Å². The van der Waals surface area contributed by atoms with Crippen LogP contribution < -0.4 is 5.32 Å². The molecule has 0 atom stereocenters. The highest BCUT2D eigenvalue weighted by atomic mass is 35.5. The Morgan fingerprint density at radius 2 is 1.80 bits per heavy atom. The molecule has 0 aliphatic carbocycles. The second-order valence-corrected chi connectivity index (χ2v) is 7.11. The van der Waals surface area contributed by atoms with Crippen LogP contribution in [0.15, 0.2) is 47.4 Å². The highest BCUT2D eigenvalue weighted by Gasteiger charge is 2.09. The zero-order chi connectivity index (χ0) is 18.2. The first-order valence-electron chi connectivity index (χ1n) is 7.85. The topological polar surface area (TPSA) is 55.4 Å². The average Bonchev–Trinajstić information content (AvgIpc) is 2.60. The second kappa shape index (κ2) is 9.49. The van der Waals surface area contributed by atoms with Gasteiger partial charge in [0, 0.05) is 21.2 Å². The van der Waals surface area contributed by atoms with Gasteiger partial charge in [0.2, 0.25) is 0 Å². The molecule has 2 aromatic rings. The van der Waals surface area contributed by atoms with E-state index >= 15 is 0 Å². The van der Waals surface area contributed by atoms with Gasteiger partial charge < -0.3 is 10.1 Å². The van der Waals surface area contributed by atoms with Gasteiger partial charge in [-0.15, -0.1) is 11.8 Å². The molecule has 1 N–H and O–H groups in total. The van der Waals surface area contributed by atoms with Crippen LogP contribution in [-0.2, 0) is 9.53 Å². The number of nitrogens with one attached hydrogen (secondary N) is 1. The SMILES string of the molecule is Cc1ccc(C(=O)NCC(=O)OCCSc2ccc(Cl)cc2)cc1C. The van der Waals surface area contributed by atoms with E-state index in [-0.39, 0.29) is 19.1 Å². The molecule has 1 amide bonds. The molecule has 0 bridgehead atoms. The molecule has 0 saturated heterocycles. The van der Waals surface area contributed by atoms with Crippen molar-refractivity contribution in [2.24, 2.45) is 0 Å². The standard InChI is InChI=1S/C19H20ClNO3S/c1-13-3-4-15(11-14(13)2)19(23)21-12-18(22)24-9-10-25-17-7-5-16(20)6-8-17/h3-8,11H,9-10,12H2,1-2H3,(H,21,23). The molecule has 132 valence electrons. The Hall–Kier alpha value is -1.98. The minimum Gasteiger partial charge on any atom is -0.463 e. The number of carbonyl (C=O) groups is 2. The lowest BCUT2D eigenvalue weighted by Crippen LogP contribution is -2.31. The number of rotatable bonds is 7. The van der Waals surface area contributed by atoms with E-state index in [1.165, 1.54) is 0 Å². The van der Waals surface area contributed by atoms with Gasteiger partial charge in [-0.25, -0.2) is 0 Å². The number of benzene rings is 2. The Kier molecular flexibility index (Phi) is 7.34. The second-order valence-electron chi connectivity index (χ2n) is 5.50. The van der Waals surface area contributed by atoms with Crippen LogP contribution in [0.5, 0.6) is 0 Å². The zero-order valence-electron chi connectivity index (χ0n) is 14.2. The molecule has 0 spiro atoms. The summed E-state index contributed by atoms with van der Waals surface area (Å²) in [7, 11) is 0. The summed E-state index contributed by atoms with van der Waals surface area (Å²) >= 11 is 7.39. The van der Waals surface area contributed by atoms with E-state index in [0.29, 0.717) is 16.3 Å². The maximum absolute atomic E-state index is 12.0. The van der Waals surface area contributed by atoms with Gasteiger partial charge in [-0.3, -0.25) is 9.59 Å². The summed E-state index contributed by atoms with van der Waals surface area (Å²) in [5, 5.41) is 3.27. The van der Waals surface area contributed by atoms with Gasteiger partial charge in [0.1, 0.15) is 13.2 Å². The quantitative estimate of drug-likeness (QED) is 0.449. The van der Waals surface area contributed by atoms with Crippen molar-refractivity contribution in [1.82, 2.24) is 5.32 Å². The van der Waals surface area contributed by atoms with Crippen LogP contribution in [0.25, 0.3) is 0 Å². The Labute approximate surface area is 156 Å². The summed E-state index contributed by atoms with van der Waals surface area (Å²) in [5.74, 6) is -0.0946. The Morgan fingerprint density at radius 1 is 1.08 bits per heavy atom. The molecule has 2 aromatic carbocycles. The van der Waals surface area contributed by atoms with Gasteiger partial charge in [0.05, 0.1) is 0 Å². The molecule has 0 aliphatic heterocycles. The first kappa shape index (κ1) is 19.3.